The minimum atomic E-state index is 0.0627. The fourth-order valence-electron chi connectivity index (χ4n) is 2.46. The quantitative estimate of drug-likeness (QED) is 0.833. The molecule has 0 aliphatic heterocycles. The Morgan fingerprint density at radius 2 is 2.57 bits per heavy atom. The van der Waals surface area contributed by atoms with Crippen LogP contribution in [0.5, 0.6) is 0 Å². The molecule has 1 heterocycles. The maximum absolute atomic E-state index is 6.40. The van der Waals surface area contributed by atoms with Gasteiger partial charge in [-0.15, -0.1) is 11.3 Å². The number of aromatic nitrogens is 1. The highest BCUT2D eigenvalue weighted by Crippen LogP contribution is 2.37. The van der Waals surface area contributed by atoms with Crippen molar-refractivity contribution < 1.29 is 0 Å². The molecule has 0 radical (unpaired) electrons. The number of rotatable bonds is 3. The summed E-state index contributed by atoms with van der Waals surface area (Å²) >= 11 is 1.73. The predicted octanol–water partition coefficient (Wildman–Crippen LogP) is 2.59. The first-order chi connectivity index (χ1) is 6.72. The van der Waals surface area contributed by atoms with E-state index in [1.807, 2.05) is 11.7 Å². The number of hydrogen-bond donors (Lipinski definition) is 1. The first-order valence-electron chi connectivity index (χ1n) is 5.38. The summed E-state index contributed by atoms with van der Waals surface area (Å²) in [5.74, 6) is 0.855. The highest BCUT2D eigenvalue weighted by molar-refractivity contribution is 7.09. The van der Waals surface area contributed by atoms with Gasteiger partial charge < -0.3 is 5.73 Å². The Morgan fingerprint density at radius 1 is 1.71 bits per heavy atom. The molecule has 14 heavy (non-hydrogen) atoms. The van der Waals surface area contributed by atoms with Crippen LogP contribution in [-0.2, 0) is 6.42 Å². The Hall–Kier alpha value is -0.410. The lowest BCUT2D eigenvalue weighted by Crippen LogP contribution is -2.39. The van der Waals surface area contributed by atoms with E-state index in [1.54, 1.807) is 11.3 Å². The van der Waals surface area contributed by atoms with Gasteiger partial charge in [-0.25, -0.2) is 0 Å². The van der Waals surface area contributed by atoms with E-state index in [9.17, 15) is 0 Å². The summed E-state index contributed by atoms with van der Waals surface area (Å²) in [6, 6.07) is 0. The third kappa shape index (κ3) is 2.15. The zero-order valence-corrected chi connectivity index (χ0v) is 9.52. The molecule has 78 valence electrons. The van der Waals surface area contributed by atoms with Crippen molar-refractivity contribution >= 4 is 11.3 Å². The van der Waals surface area contributed by atoms with Gasteiger partial charge in [-0.2, -0.15) is 0 Å². The summed E-state index contributed by atoms with van der Waals surface area (Å²) in [5.41, 5.74) is 8.35. The van der Waals surface area contributed by atoms with E-state index >= 15 is 0 Å². The molecule has 0 aromatic carbocycles. The van der Waals surface area contributed by atoms with Gasteiger partial charge in [-0.3, -0.25) is 4.98 Å². The van der Waals surface area contributed by atoms with Crippen molar-refractivity contribution in [3.05, 3.63) is 16.6 Å². The third-order valence-corrected chi connectivity index (χ3v) is 4.11. The maximum Gasteiger partial charge on any atom is 0.0794 e. The SMILES string of the molecule is CCC1CCC(N)(Cc2cncs2)C1. The summed E-state index contributed by atoms with van der Waals surface area (Å²) in [6.45, 7) is 2.27. The monoisotopic (exact) mass is 210 g/mol. The molecule has 0 saturated heterocycles. The summed E-state index contributed by atoms with van der Waals surface area (Å²) in [7, 11) is 0. The second-order valence-corrected chi connectivity index (χ2v) is 5.49. The lowest BCUT2D eigenvalue weighted by molar-refractivity contribution is 0.409. The van der Waals surface area contributed by atoms with Crippen molar-refractivity contribution in [1.82, 2.24) is 4.98 Å². The lowest BCUT2D eigenvalue weighted by atomic mass is 9.92. The van der Waals surface area contributed by atoms with Crippen molar-refractivity contribution in [3.63, 3.8) is 0 Å². The summed E-state index contributed by atoms with van der Waals surface area (Å²) in [4.78, 5) is 5.43. The Labute approximate surface area is 89.5 Å². The van der Waals surface area contributed by atoms with Crippen molar-refractivity contribution in [1.29, 1.82) is 0 Å². The van der Waals surface area contributed by atoms with Gasteiger partial charge in [0.05, 0.1) is 5.51 Å². The first-order valence-corrected chi connectivity index (χ1v) is 6.26. The van der Waals surface area contributed by atoms with E-state index in [-0.39, 0.29) is 5.54 Å². The van der Waals surface area contributed by atoms with Crippen LogP contribution >= 0.6 is 11.3 Å². The third-order valence-electron chi connectivity index (χ3n) is 3.33. The van der Waals surface area contributed by atoms with Crippen molar-refractivity contribution in [2.45, 2.75) is 44.6 Å². The van der Waals surface area contributed by atoms with Crippen molar-refractivity contribution in [3.8, 4) is 0 Å². The second-order valence-electron chi connectivity index (χ2n) is 4.52. The zero-order chi connectivity index (χ0) is 10.0. The van der Waals surface area contributed by atoms with Gasteiger partial charge in [0.25, 0.3) is 0 Å². The Bertz CT molecular complexity index is 283. The van der Waals surface area contributed by atoms with Crippen LogP contribution in [0.15, 0.2) is 11.7 Å². The van der Waals surface area contributed by atoms with E-state index in [0.29, 0.717) is 0 Å². The van der Waals surface area contributed by atoms with Gasteiger partial charge in [0.2, 0.25) is 0 Å². The molecule has 1 saturated carbocycles. The summed E-state index contributed by atoms with van der Waals surface area (Å²) < 4.78 is 0. The van der Waals surface area contributed by atoms with Crippen LogP contribution in [0.4, 0.5) is 0 Å². The molecule has 2 nitrogen and oxygen atoms in total. The summed E-state index contributed by atoms with van der Waals surface area (Å²) in [5, 5.41) is 0. The van der Waals surface area contributed by atoms with Gasteiger partial charge >= 0.3 is 0 Å². The molecular weight excluding hydrogens is 192 g/mol. The van der Waals surface area contributed by atoms with Crippen LogP contribution in [0, 0.1) is 5.92 Å². The van der Waals surface area contributed by atoms with Gasteiger partial charge in [0.1, 0.15) is 0 Å². The van der Waals surface area contributed by atoms with Gasteiger partial charge in [-0.1, -0.05) is 13.3 Å². The Balaban J connectivity index is 1.97. The lowest BCUT2D eigenvalue weighted by Gasteiger charge is -2.23. The molecule has 2 rings (SSSR count). The van der Waals surface area contributed by atoms with Crippen LogP contribution in [0.25, 0.3) is 0 Å². The van der Waals surface area contributed by atoms with Crippen LogP contribution in [0.3, 0.4) is 0 Å². The molecule has 1 aromatic rings. The molecule has 2 atom stereocenters. The van der Waals surface area contributed by atoms with Crippen LogP contribution in [0.1, 0.15) is 37.5 Å². The average molecular weight is 210 g/mol. The fourth-order valence-corrected chi connectivity index (χ4v) is 3.21. The van der Waals surface area contributed by atoms with Crippen LogP contribution in [-0.4, -0.2) is 10.5 Å². The van der Waals surface area contributed by atoms with Gasteiger partial charge in [-0.05, 0) is 25.2 Å². The minimum absolute atomic E-state index is 0.0627. The smallest absolute Gasteiger partial charge is 0.0794 e. The molecule has 1 aliphatic carbocycles. The largest absolute Gasteiger partial charge is 0.325 e. The predicted molar refractivity (Wildman–Crippen MR) is 60.4 cm³/mol. The van der Waals surface area contributed by atoms with Crippen LogP contribution in [0.2, 0.25) is 0 Å². The number of hydrogen-bond acceptors (Lipinski definition) is 3. The molecule has 2 unspecified atom stereocenters. The van der Waals surface area contributed by atoms with E-state index < -0.39 is 0 Å². The molecule has 1 aliphatic rings. The topological polar surface area (TPSA) is 38.9 Å². The zero-order valence-electron chi connectivity index (χ0n) is 8.70. The van der Waals surface area contributed by atoms with Crippen LogP contribution < -0.4 is 5.73 Å². The standard InChI is InChI=1S/C11H18N2S/c1-2-9-3-4-11(12,5-9)6-10-7-13-8-14-10/h7-9H,2-6,12H2,1H3. The molecule has 0 bridgehead atoms. The molecule has 2 N–H and O–H groups in total. The minimum Gasteiger partial charge on any atom is -0.325 e. The number of thiazole rings is 1. The van der Waals surface area contributed by atoms with Gasteiger partial charge in [0.15, 0.2) is 0 Å². The normalized spacial score (nSPS) is 32.3. The first kappa shape index (κ1) is 10.1. The molecular formula is C11H18N2S. The Kier molecular flexibility index (Phi) is 2.88. The van der Waals surface area contributed by atoms with E-state index in [2.05, 4.69) is 11.9 Å². The fraction of sp³-hybridized carbons (Fsp3) is 0.727. The highest BCUT2D eigenvalue weighted by atomic mass is 32.1. The Morgan fingerprint density at radius 3 is 3.14 bits per heavy atom. The average Bonchev–Trinajstić information content (AvgIpc) is 2.76. The van der Waals surface area contributed by atoms with E-state index in [1.165, 1.54) is 30.6 Å². The van der Waals surface area contributed by atoms with E-state index in [4.69, 9.17) is 5.73 Å². The van der Waals surface area contributed by atoms with Crippen molar-refractivity contribution in [2.24, 2.45) is 11.7 Å². The molecule has 0 amide bonds. The second kappa shape index (κ2) is 3.99. The summed E-state index contributed by atoms with van der Waals surface area (Å²) in [6.07, 6.45) is 7.95. The molecule has 3 heteroatoms. The van der Waals surface area contributed by atoms with Gasteiger partial charge in [0, 0.05) is 23.0 Å². The molecule has 0 spiro atoms. The maximum atomic E-state index is 6.40. The molecule has 1 fully saturated rings. The van der Waals surface area contributed by atoms with Crippen molar-refractivity contribution in [2.75, 3.05) is 0 Å². The molecule has 1 aromatic heterocycles. The highest BCUT2D eigenvalue weighted by Gasteiger charge is 2.35. The number of nitrogens with two attached hydrogens (primary N) is 1. The number of nitrogens with zero attached hydrogens (tertiary/aromatic N) is 1. The van der Waals surface area contributed by atoms with E-state index in [0.717, 1.165) is 12.3 Å².